The molecule has 0 aliphatic rings. The SMILES string of the molecule is CC(NC(=O)c1ccccn1)c1cc(=O)[nH]c(-c2cccnc2)n1. The quantitative estimate of drug-likeness (QED) is 0.762. The van der Waals surface area contributed by atoms with Crippen LogP contribution in [0.25, 0.3) is 11.4 Å². The van der Waals surface area contributed by atoms with Crippen LogP contribution in [0.15, 0.2) is 59.8 Å². The highest BCUT2D eigenvalue weighted by molar-refractivity contribution is 5.92. The first kappa shape index (κ1) is 15.5. The van der Waals surface area contributed by atoms with Crippen LogP contribution < -0.4 is 10.9 Å². The summed E-state index contributed by atoms with van der Waals surface area (Å²) < 4.78 is 0. The molecule has 120 valence electrons. The molecule has 3 rings (SSSR count). The van der Waals surface area contributed by atoms with Crippen molar-refractivity contribution in [3.63, 3.8) is 0 Å². The standard InChI is InChI=1S/C17H15N5O2/c1-11(20-17(24)13-6-2-3-8-19-13)14-9-15(23)22-16(21-14)12-5-4-7-18-10-12/h2-11H,1H3,(H,20,24)(H,21,22,23). The molecule has 0 aliphatic carbocycles. The molecule has 0 saturated carbocycles. The van der Waals surface area contributed by atoms with Crippen molar-refractivity contribution in [3.05, 3.63) is 76.7 Å². The zero-order valence-electron chi connectivity index (χ0n) is 12.9. The molecule has 0 aliphatic heterocycles. The van der Waals surface area contributed by atoms with Gasteiger partial charge in [-0.15, -0.1) is 0 Å². The van der Waals surface area contributed by atoms with Gasteiger partial charge in [0, 0.05) is 30.2 Å². The molecule has 2 N–H and O–H groups in total. The number of amides is 1. The maximum atomic E-state index is 12.2. The number of nitrogens with one attached hydrogen (secondary N) is 2. The molecular formula is C17H15N5O2. The molecule has 3 aromatic rings. The highest BCUT2D eigenvalue weighted by Gasteiger charge is 2.15. The van der Waals surface area contributed by atoms with Gasteiger partial charge in [-0.3, -0.25) is 19.6 Å². The first-order valence-corrected chi connectivity index (χ1v) is 7.37. The van der Waals surface area contributed by atoms with Crippen LogP contribution in [0.4, 0.5) is 0 Å². The lowest BCUT2D eigenvalue weighted by Gasteiger charge is -2.13. The van der Waals surface area contributed by atoms with E-state index >= 15 is 0 Å². The summed E-state index contributed by atoms with van der Waals surface area (Å²) in [6, 6.07) is 9.56. The van der Waals surface area contributed by atoms with Crippen LogP contribution >= 0.6 is 0 Å². The van der Waals surface area contributed by atoms with Gasteiger partial charge in [-0.25, -0.2) is 4.98 Å². The number of aromatic nitrogens is 4. The third kappa shape index (κ3) is 3.52. The zero-order chi connectivity index (χ0) is 16.9. The summed E-state index contributed by atoms with van der Waals surface area (Å²) in [7, 11) is 0. The fraction of sp³-hybridized carbons (Fsp3) is 0.118. The molecule has 0 fully saturated rings. The summed E-state index contributed by atoms with van der Waals surface area (Å²) in [6.07, 6.45) is 4.80. The van der Waals surface area contributed by atoms with Crippen LogP contribution in [-0.2, 0) is 0 Å². The van der Waals surface area contributed by atoms with Gasteiger partial charge in [0.15, 0.2) is 0 Å². The van der Waals surface area contributed by atoms with Crippen LogP contribution in [0, 0.1) is 0 Å². The van der Waals surface area contributed by atoms with Crippen molar-refractivity contribution < 1.29 is 4.79 Å². The first-order chi connectivity index (χ1) is 11.6. The number of aromatic amines is 1. The minimum Gasteiger partial charge on any atom is -0.343 e. The average molecular weight is 321 g/mol. The summed E-state index contributed by atoms with van der Waals surface area (Å²) in [5.74, 6) is 0.0812. The van der Waals surface area contributed by atoms with Crippen molar-refractivity contribution in [2.24, 2.45) is 0 Å². The Bertz CT molecular complexity index is 894. The fourth-order valence-electron chi connectivity index (χ4n) is 2.18. The van der Waals surface area contributed by atoms with E-state index in [1.165, 1.54) is 6.07 Å². The lowest BCUT2D eigenvalue weighted by atomic mass is 10.2. The normalized spacial score (nSPS) is 11.7. The summed E-state index contributed by atoms with van der Waals surface area (Å²) in [5.41, 5.74) is 1.17. The number of hydrogen-bond acceptors (Lipinski definition) is 5. The van der Waals surface area contributed by atoms with Gasteiger partial charge in [0.25, 0.3) is 11.5 Å². The number of carbonyl (C=O) groups is 1. The van der Waals surface area contributed by atoms with Gasteiger partial charge in [0.05, 0.1) is 11.7 Å². The highest BCUT2D eigenvalue weighted by Crippen LogP contribution is 2.15. The third-order valence-electron chi connectivity index (χ3n) is 3.39. The second kappa shape index (κ2) is 6.82. The van der Waals surface area contributed by atoms with Crippen LogP contribution in [0.1, 0.15) is 29.1 Å². The maximum Gasteiger partial charge on any atom is 0.270 e. The van der Waals surface area contributed by atoms with Crippen LogP contribution in [0.5, 0.6) is 0 Å². The summed E-state index contributed by atoms with van der Waals surface area (Å²) >= 11 is 0. The Morgan fingerprint density at radius 1 is 1.21 bits per heavy atom. The molecule has 3 heterocycles. The summed E-state index contributed by atoms with van der Waals surface area (Å²) in [5, 5.41) is 2.79. The van der Waals surface area contributed by atoms with Crippen molar-refractivity contribution in [1.29, 1.82) is 0 Å². The van der Waals surface area contributed by atoms with Crippen LogP contribution in [-0.4, -0.2) is 25.8 Å². The van der Waals surface area contributed by atoms with E-state index in [9.17, 15) is 9.59 Å². The number of carbonyl (C=O) groups excluding carboxylic acids is 1. The lowest BCUT2D eigenvalue weighted by molar-refractivity contribution is 0.0934. The van der Waals surface area contributed by atoms with Crippen molar-refractivity contribution in [2.75, 3.05) is 0 Å². The van der Waals surface area contributed by atoms with Crippen LogP contribution in [0.3, 0.4) is 0 Å². The Balaban J connectivity index is 1.85. The van der Waals surface area contributed by atoms with Crippen LogP contribution in [0.2, 0.25) is 0 Å². The highest BCUT2D eigenvalue weighted by atomic mass is 16.2. The predicted octanol–water partition coefficient (Wildman–Crippen LogP) is 1.72. The Labute approximate surface area is 137 Å². The van der Waals surface area contributed by atoms with E-state index in [4.69, 9.17) is 0 Å². The first-order valence-electron chi connectivity index (χ1n) is 7.37. The molecular weight excluding hydrogens is 306 g/mol. The Morgan fingerprint density at radius 3 is 2.79 bits per heavy atom. The van der Waals surface area contributed by atoms with E-state index in [2.05, 4.69) is 25.3 Å². The van der Waals surface area contributed by atoms with Crippen molar-refractivity contribution >= 4 is 5.91 Å². The van der Waals surface area contributed by atoms with E-state index in [0.717, 1.165) is 0 Å². The number of H-pyrrole nitrogens is 1. The molecule has 0 spiro atoms. The Morgan fingerprint density at radius 2 is 2.08 bits per heavy atom. The maximum absolute atomic E-state index is 12.2. The minimum atomic E-state index is -0.447. The van der Waals surface area contributed by atoms with Crippen molar-refractivity contribution in [3.8, 4) is 11.4 Å². The second-order valence-electron chi connectivity index (χ2n) is 5.17. The molecule has 7 nitrogen and oxygen atoms in total. The summed E-state index contributed by atoms with van der Waals surface area (Å²) in [4.78, 5) is 39.2. The van der Waals surface area contributed by atoms with Gasteiger partial charge in [-0.2, -0.15) is 0 Å². The van der Waals surface area contributed by atoms with Gasteiger partial charge in [-0.05, 0) is 31.2 Å². The molecule has 1 unspecified atom stereocenters. The van der Waals surface area contributed by atoms with Gasteiger partial charge >= 0.3 is 0 Å². The number of hydrogen-bond donors (Lipinski definition) is 2. The molecule has 24 heavy (non-hydrogen) atoms. The predicted molar refractivity (Wildman–Crippen MR) is 88.2 cm³/mol. The van der Waals surface area contributed by atoms with E-state index in [1.807, 2.05) is 0 Å². The number of rotatable bonds is 4. The average Bonchev–Trinajstić information content (AvgIpc) is 2.62. The zero-order valence-corrected chi connectivity index (χ0v) is 12.9. The van der Waals surface area contributed by atoms with Gasteiger partial charge in [-0.1, -0.05) is 6.07 Å². The van der Waals surface area contributed by atoms with Gasteiger partial charge < -0.3 is 10.3 Å². The number of pyridine rings is 2. The topological polar surface area (TPSA) is 101 Å². The smallest absolute Gasteiger partial charge is 0.270 e. The molecule has 0 aromatic carbocycles. The second-order valence-corrected chi connectivity index (χ2v) is 5.17. The molecule has 3 aromatic heterocycles. The Kier molecular flexibility index (Phi) is 4.42. The molecule has 1 atom stereocenters. The lowest BCUT2D eigenvalue weighted by Crippen LogP contribution is -2.29. The molecule has 0 bridgehead atoms. The number of nitrogens with zero attached hydrogens (tertiary/aromatic N) is 3. The van der Waals surface area contributed by atoms with Gasteiger partial charge in [0.2, 0.25) is 0 Å². The Hall–Kier alpha value is -3.35. The van der Waals surface area contributed by atoms with Crippen molar-refractivity contribution in [1.82, 2.24) is 25.3 Å². The van der Waals surface area contributed by atoms with Gasteiger partial charge in [0.1, 0.15) is 11.5 Å². The van der Waals surface area contributed by atoms with E-state index < -0.39 is 6.04 Å². The monoisotopic (exact) mass is 321 g/mol. The molecule has 0 radical (unpaired) electrons. The molecule has 7 heteroatoms. The van der Waals surface area contributed by atoms with E-state index in [-0.39, 0.29) is 11.5 Å². The summed E-state index contributed by atoms with van der Waals surface area (Å²) in [6.45, 7) is 1.76. The third-order valence-corrected chi connectivity index (χ3v) is 3.39. The molecule has 1 amide bonds. The fourth-order valence-corrected chi connectivity index (χ4v) is 2.18. The molecule has 0 saturated heterocycles. The van der Waals surface area contributed by atoms with Crippen molar-refractivity contribution in [2.45, 2.75) is 13.0 Å². The van der Waals surface area contributed by atoms with E-state index in [1.54, 1.807) is 55.8 Å². The minimum absolute atomic E-state index is 0.294. The van der Waals surface area contributed by atoms with E-state index in [0.29, 0.717) is 22.8 Å². The largest absolute Gasteiger partial charge is 0.343 e.